The number of hydrogen-bond acceptors (Lipinski definition) is 2. The van der Waals surface area contributed by atoms with E-state index < -0.39 is 17.8 Å². The second-order valence-corrected chi connectivity index (χ2v) is 2.98. The number of alkyl halides is 3. The van der Waals surface area contributed by atoms with Gasteiger partial charge in [0.1, 0.15) is 0 Å². The molecule has 0 bridgehead atoms. The Balaban J connectivity index is 2.40. The lowest BCUT2D eigenvalue weighted by Gasteiger charge is -2.23. The van der Waals surface area contributed by atoms with Crippen LogP contribution in [0.4, 0.5) is 28.9 Å². The van der Waals surface area contributed by atoms with Gasteiger partial charge < -0.3 is 10.6 Å². The highest BCUT2D eigenvalue weighted by Gasteiger charge is 2.39. The van der Waals surface area contributed by atoms with E-state index in [2.05, 4.69) is 0 Å². The van der Waals surface area contributed by atoms with Gasteiger partial charge in [-0.15, -0.1) is 0 Å². The third-order valence-corrected chi connectivity index (χ3v) is 1.93. The highest BCUT2D eigenvalue weighted by atomic mass is 19.4. The molecule has 2 N–H and O–H groups in total. The summed E-state index contributed by atoms with van der Waals surface area (Å²) in [7, 11) is 0. The van der Waals surface area contributed by atoms with Crippen LogP contribution >= 0.6 is 0 Å². The Hall–Kier alpha value is -1.72. The Kier molecular flexibility index (Phi) is 2.06. The molecule has 1 heterocycles. The van der Waals surface area contributed by atoms with Crippen LogP contribution in [0, 0.1) is 0 Å². The Morgan fingerprint density at radius 1 is 0.933 bits per heavy atom. The van der Waals surface area contributed by atoms with E-state index in [0.29, 0.717) is 0 Å². The Morgan fingerprint density at radius 2 is 1.47 bits per heavy atom. The normalized spacial score (nSPS) is 15.5. The largest absolute Gasteiger partial charge is 0.435 e. The van der Waals surface area contributed by atoms with Gasteiger partial charge in [0.25, 0.3) is 0 Å². The molecule has 0 amide bonds. The quantitative estimate of drug-likeness (QED) is 0.516. The van der Waals surface area contributed by atoms with Crippen molar-refractivity contribution in [2.24, 2.45) is 0 Å². The number of anilines is 2. The molecule has 0 saturated carbocycles. The van der Waals surface area contributed by atoms with Crippen LogP contribution < -0.4 is 10.6 Å². The van der Waals surface area contributed by atoms with Crippen molar-refractivity contribution in [1.82, 2.24) is 0 Å². The van der Waals surface area contributed by atoms with Crippen LogP contribution in [0.15, 0.2) is 35.9 Å². The Morgan fingerprint density at radius 3 is 2.00 bits per heavy atom. The van der Waals surface area contributed by atoms with Gasteiger partial charge in [-0.2, -0.15) is 17.6 Å². The summed E-state index contributed by atoms with van der Waals surface area (Å²) in [4.78, 5) is 0. The SMILES string of the molecule is FC1=C(C(F)(F)F)Nc2ccccc2N1. The summed E-state index contributed by atoms with van der Waals surface area (Å²) < 4.78 is 49.9. The summed E-state index contributed by atoms with van der Waals surface area (Å²) in [5.41, 5.74) is -0.921. The molecule has 1 aromatic rings. The van der Waals surface area contributed by atoms with Crippen LogP contribution in [0.2, 0.25) is 0 Å². The first kappa shape index (κ1) is 9.82. The molecule has 1 aromatic carbocycles. The van der Waals surface area contributed by atoms with Crippen molar-refractivity contribution in [3.8, 4) is 0 Å². The number of nitrogens with one attached hydrogen (secondary N) is 2. The molecule has 0 atom stereocenters. The first-order valence-electron chi connectivity index (χ1n) is 4.08. The van der Waals surface area contributed by atoms with Crippen LogP contribution in [0.25, 0.3) is 0 Å². The zero-order valence-corrected chi connectivity index (χ0v) is 7.32. The smallest absolute Gasteiger partial charge is 0.346 e. The lowest BCUT2D eigenvalue weighted by molar-refractivity contribution is -0.0921. The fourth-order valence-corrected chi connectivity index (χ4v) is 1.27. The second kappa shape index (κ2) is 3.15. The maximum Gasteiger partial charge on any atom is 0.435 e. The van der Waals surface area contributed by atoms with E-state index in [1.807, 2.05) is 10.6 Å². The van der Waals surface area contributed by atoms with E-state index in [-0.39, 0.29) is 11.4 Å². The van der Waals surface area contributed by atoms with Crippen LogP contribution in [-0.4, -0.2) is 6.18 Å². The van der Waals surface area contributed by atoms with Crippen molar-refractivity contribution in [3.63, 3.8) is 0 Å². The highest BCUT2D eigenvalue weighted by Crippen LogP contribution is 2.36. The minimum absolute atomic E-state index is 0.200. The zero-order chi connectivity index (χ0) is 11.1. The molecule has 2 nitrogen and oxygen atoms in total. The first-order valence-corrected chi connectivity index (χ1v) is 4.08. The number of benzene rings is 1. The number of fused-ring (bicyclic) bond motifs is 1. The van der Waals surface area contributed by atoms with E-state index in [1.165, 1.54) is 12.1 Å². The van der Waals surface area contributed by atoms with Crippen LogP contribution in [0.5, 0.6) is 0 Å². The Labute approximate surface area is 82.6 Å². The van der Waals surface area contributed by atoms with Gasteiger partial charge in [-0.1, -0.05) is 12.1 Å². The third-order valence-electron chi connectivity index (χ3n) is 1.93. The average molecular weight is 218 g/mol. The maximum atomic E-state index is 13.0. The lowest BCUT2D eigenvalue weighted by Crippen LogP contribution is -2.26. The van der Waals surface area contributed by atoms with Crippen LogP contribution in [0.1, 0.15) is 0 Å². The molecule has 80 valence electrons. The van der Waals surface area contributed by atoms with E-state index in [0.717, 1.165) is 0 Å². The summed E-state index contributed by atoms with van der Waals surface area (Å²) in [5.74, 6) is -1.42. The van der Waals surface area contributed by atoms with Crippen molar-refractivity contribution in [1.29, 1.82) is 0 Å². The molecule has 0 radical (unpaired) electrons. The number of rotatable bonds is 0. The zero-order valence-electron chi connectivity index (χ0n) is 7.32. The van der Waals surface area contributed by atoms with Gasteiger partial charge in [0.05, 0.1) is 11.4 Å². The molecule has 6 heteroatoms. The second-order valence-electron chi connectivity index (χ2n) is 2.98. The van der Waals surface area contributed by atoms with Gasteiger partial charge in [-0.25, -0.2) is 0 Å². The van der Waals surface area contributed by atoms with Crippen molar-refractivity contribution < 1.29 is 17.6 Å². The van der Waals surface area contributed by atoms with Crippen molar-refractivity contribution in [2.75, 3.05) is 10.6 Å². The van der Waals surface area contributed by atoms with E-state index in [4.69, 9.17) is 0 Å². The van der Waals surface area contributed by atoms with Gasteiger partial charge in [0.2, 0.25) is 5.95 Å². The monoisotopic (exact) mass is 218 g/mol. The summed E-state index contributed by atoms with van der Waals surface area (Å²) in [5, 5.41) is 4.05. The molecular formula is C9H6F4N2. The predicted octanol–water partition coefficient (Wildman–Crippen LogP) is 3.22. The minimum Gasteiger partial charge on any atom is -0.346 e. The summed E-state index contributed by atoms with van der Waals surface area (Å²) in [6, 6.07) is 6.07. The topological polar surface area (TPSA) is 24.1 Å². The van der Waals surface area contributed by atoms with Crippen molar-refractivity contribution in [2.45, 2.75) is 6.18 Å². The van der Waals surface area contributed by atoms with Gasteiger partial charge in [0, 0.05) is 0 Å². The third kappa shape index (κ3) is 1.74. The molecule has 0 spiro atoms. The van der Waals surface area contributed by atoms with E-state index >= 15 is 0 Å². The van der Waals surface area contributed by atoms with Gasteiger partial charge in [-0.05, 0) is 12.1 Å². The van der Waals surface area contributed by atoms with Crippen LogP contribution in [-0.2, 0) is 0 Å². The fraction of sp³-hybridized carbons (Fsp3) is 0.111. The lowest BCUT2D eigenvalue weighted by atomic mass is 10.2. The first-order chi connectivity index (χ1) is 6.98. The van der Waals surface area contributed by atoms with Crippen LogP contribution in [0.3, 0.4) is 0 Å². The number of halogens is 4. The molecule has 0 unspecified atom stereocenters. The van der Waals surface area contributed by atoms with Gasteiger partial charge in [0.15, 0.2) is 5.70 Å². The average Bonchev–Trinajstić information content (AvgIpc) is 2.15. The van der Waals surface area contributed by atoms with Crippen molar-refractivity contribution >= 4 is 11.4 Å². The standard InChI is InChI=1S/C9H6F4N2/c10-8-7(9(11,12)13)14-5-3-1-2-4-6(5)15-8/h1-4,14-15H. The molecule has 15 heavy (non-hydrogen) atoms. The molecule has 2 rings (SSSR count). The highest BCUT2D eigenvalue weighted by molar-refractivity contribution is 5.75. The number of hydrogen-bond donors (Lipinski definition) is 2. The summed E-state index contributed by atoms with van der Waals surface area (Å²) >= 11 is 0. The molecule has 0 saturated heterocycles. The molecule has 0 aliphatic carbocycles. The van der Waals surface area contributed by atoms with E-state index in [1.54, 1.807) is 12.1 Å². The minimum atomic E-state index is -4.73. The molecule has 1 aliphatic heterocycles. The van der Waals surface area contributed by atoms with Gasteiger partial charge in [-0.3, -0.25) is 0 Å². The maximum absolute atomic E-state index is 13.0. The van der Waals surface area contributed by atoms with Crippen molar-refractivity contribution in [3.05, 3.63) is 35.9 Å². The summed E-state index contributed by atoms with van der Waals surface area (Å²) in [6.07, 6.45) is -4.73. The molecule has 1 aliphatic rings. The summed E-state index contributed by atoms with van der Waals surface area (Å²) in [6.45, 7) is 0. The molecule has 0 aromatic heterocycles. The fourth-order valence-electron chi connectivity index (χ4n) is 1.27. The predicted molar refractivity (Wildman–Crippen MR) is 47.9 cm³/mol. The number of allylic oxidation sites excluding steroid dienone is 1. The molecule has 0 fully saturated rings. The molecular weight excluding hydrogens is 212 g/mol. The Bertz CT molecular complexity index is 422. The van der Waals surface area contributed by atoms with E-state index in [9.17, 15) is 17.6 Å². The van der Waals surface area contributed by atoms with Gasteiger partial charge >= 0.3 is 6.18 Å². The number of para-hydroxylation sites is 2.